The van der Waals surface area contributed by atoms with E-state index in [1.165, 1.54) is 12.3 Å². The number of aliphatic hydroxyl groups excluding tert-OH is 1. The molecule has 84 valence electrons. The Morgan fingerprint density at radius 2 is 2.13 bits per heavy atom. The summed E-state index contributed by atoms with van der Waals surface area (Å²) in [6.07, 6.45) is 2.81. The summed E-state index contributed by atoms with van der Waals surface area (Å²) in [5.74, 6) is -0.331. The molecule has 0 saturated heterocycles. The second-order valence-corrected chi connectivity index (χ2v) is 4.34. The Morgan fingerprint density at radius 3 is 2.67 bits per heavy atom. The number of rotatable bonds is 4. The molecule has 1 heterocycles. The number of likely N-dealkylation sites (N-methyl/N-ethyl adjacent to an activating group) is 1. The highest BCUT2D eigenvalue weighted by Crippen LogP contribution is 2.14. The summed E-state index contributed by atoms with van der Waals surface area (Å²) in [4.78, 5) is 5.74. The van der Waals surface area contributed by atoms with Crippen LogP contribution < -0.4 is 0 Å². The first-order valence-electron chi connectivity index (χ1n) is 4.87. The lowest BCUT2D eigenvalue weighted by atomic mass is 10.0. The fourth-order valence-electron chi connectivity index (χ4n) is 1.15. The van der Waals surface area contributed by atoms with E-state index in [9.17, 15) is 4.39 Å². The lowest BCUT2D eigenvalue weighted by molar-refractivity contribution is 0.0732. The van der Waals surface area contributed by atoms with Crippen molar-refractivity contribution in [2.45, 2.75) is 25.9 Å². The van der Waals surface area contributed by atoms with Gasteiger partial charge in [-0.25, -0.2) is 4.39 Å². The SMILES string of the molecule is CN(Cc1cncc(F)c1)C(C)(C)CO. The van der Waals surface area contributed by atoms with Gasteiger partial charge in [0.1, 0.15) is 5.82 Å². The third-order valence-corrected chi connectivity index (χ3v) is 2.60. The number of aromatic nitrogens is 1. The minimum Gasteiger partial charge on any atom is -0.394 e. The topological polar surface area (TPSA) is 36.4 Å². The number of hydrogen-bond acceptors (Lipinski definition) is 3. The van der Waals surface area contributed by atoms with Crippen molar-refractivity contribution in [3.05, 3.63) is 29.8 Å². The minimum absolute atomic E-state index is 0.0618. The molecule has 0 aromatic carbocycles. The number of hydrogen-bond donors (Lipinski definition) is 1. The second kappa shape index (κ2) is 4.68. The van der Waals surface area contributed by atoms with Gasteiger partial charge in [0, 0.05) is 18.3 Å². The van der Waals surface area contributed by atoms with Crippen LogP contribution in [0.2, 0.25) is 0 Å². The van der Waals surface area contributed by atoms with Crippen LogP contribution >= 0.6 is 0 Å². The summed E-state index contributed by atoms with van der Waals surface area (Å²) in [5, 5.41) is 9.17. The monoisotopic (exact) mass is 212 g/mol. The van der Waals surface area contributed by atoms with Crippen molar-refractivity contribution in [3.8, 4) is 0 Å². The summed E-state index contributed by atoms with van der Waals surface area (Å²) >= 11 is 0. The number of halogens is 1. The number of pyridine rings is 1. The molecule has 0 atom stereocenters. The zero-order chi connectivity index (χ0) is 11.5. The molecule has 0 saturated carbocycles. The van der Waals surface area contributed by atoms with Gasteiger partial charge in [-0.2, -0.15) is 0 Å². The summed E-state index contributed by atoms with van der Waals surface area (Å²) in [7, 11) is 1.89. The highest BCUT2D eigenvalue weighted by Gasteiger charge is 2.22. The van der Waals surface area contributed by atoms with E-state index in [0.717, 1.165) is 5.56 Å². The van der Waals surface area contributed by atoms with Gasteiger partial charge < -0.3 is 5.11 Å². The first kappa shape index (κ1) is 12.1. The van der Waals surface area contributed by atoms with Crippen molar-refractivity contribution in [1.82, 2.24) is 9.88 Å². The lowest BCUT2D eigenvalue weighted by Crippen LogP contribution is -2.43. The van der Waals surface area contributed by atoms with Crippen LogP contribution in [0.4, 0.5) is 4.39 Å². The summed E-state index contributed by atoms with van der Waals surface area (Å²) in [5.41, 5.74) is 0.491. The standard InChI is InChI=1S/C11H17FN2O/c1-11(2,8-15)14(3)7-9-4-10(12)6-13-5-9/h4-6,15H,7-8H2,1-3H3. The van der Waals surface area contributed by atoms with Crippen LogP contribution in [0.15, 0.2) is 18.5 Å². The van der Waals surface area contributed by atoms with E-state index in [4.69, 9.17) is 5.11 Å². The first-order valence-corrected chi connectivity index (χ1v) is 4.87. The molecule has 0 radical (unpaired) electrons. The van der Waals surface area contributed by atoms with E-state index >= 15 is 0 Å². The minimum atomic E-state index is -0.331. The molecule has 0 bridgehead atoms. The summed E-state index contributed by atoms with van der Waals surface area (Å²) < 4.78 is 12.9. The Morgan fingerprint density at radius 1 is 1.47 bits per heavy atom. The largest absolute Gasteiger partial charge is 0.394 e. The average molecular weight is 212 g/mol. The fraction of sp³-hybridized carbons (Fsp3) is 0.545. The average Bonchev–Trinajstić information content (AvgIpc) is 2.17. The van der Waals surface area contributed by atoms with E-state index in [-0.39, 0.29) is 18.0 Å². The molecule has 0 aliphatic carbocycles. The van der Waals surface area contributed by atoms with Crippen LogP contribution in [0.5, 0.6) is 0 Å². The maximum absolute atomic E-state index is 12.9. The molecule has 0 amide bonds. The van der Waals surface area contributed by atoms with Gasteiger partial charge in [0.05, 0.1) is 12.8 Å². The third-order valence-electron chi connectivity index (χ3n) is 2.60. The second-order valence-electron chi connectivity index (χ2n) is 4.34. The van der Waals surface area contributed by atoms with Gasteiger partial charge in [-0.1, -0.05) is 0 Å². The number of aliphatic hydroxyl groups is 1. The highest BCUT2D eigenvalue weighted by atomic mass is 19.1. The van der Waals surface area contributed by atoms with Crippen LogP contribution in [0.3, 0.4) is 0 Å². The normalized spacial score (nSPS) is 12.1. The van der Waals surface area contributed by atoms with Gasteiger partial charge in [-0.05, 0) is 32.5 Å². The molecule has 0 fully saturated rings. The van der Waals surface area contributed by atoms with Gasteiger partial charge >= 0.3 is 0 Å². The molecule has 3 nitrogen and oxygen atoms in total. The van der Waals surface area contributed by atoms with Gasteiger partial charge in [-0.3, -0.25) is 9.88 Å². The molecule has 1 aromatic heterocycles. The Labute approximate surface area is 89.6 Å². The van der Waals surface area contributed by atoms with E-state index in [1.807, 2.05) is 25.8 Å². The fourth-order valence-corrected chi connectivity index (χ4v) is 1.15. The smallest absolute Gasteiger partial charge is 0.141 e. The first-order chi connectivity index (χ1) is 6.95. The molecule has 1 N–H and O–H groups in total. The zero-order valence-corrected chi connectivity index (χ0v) is 9.37. The molecular weight excluding hydrogens is 195 g/mol. The number of nitrogens with zero attached hydrogens (tertiary/aromatic N) is 2. The van der Waals surface area contributed by atoms with Crippen LogP contribution in [-0.4, -0.2) is 34.2 Å². The summed E-state index contributed by atoms with van der Waals surface area (Å²) in [6.45, 7) is 4.49. The molecule has 4 heteroatoms. The Kier molecular flexibility index (Phi) is 3.77. The Hall–Kier alpha value is -1.00. The third kappa shape index (κ3) is 3.25. The van der Waals surface area contributed by atoms with Crippen molar-refractivity contribution in [2.24, 2.45) is 0 Å². The molecule has 1 aromatic rings. The van der Waals surface area contributed by atoms with Crippen LogP contribution in [0.25, 0.3) is 0 Å². The van der Waals surface area contributed by atoms with Gasteiger partial charge in [0.25, 0.3) is 0 Å². The maximum Gasteiger partial charge on any atom is 0.141 e. The van der Waals surface area contributed by atoms with E-state index < -0.39 is 0 Å². The van der Waals surface area contributed by atoms with Crippen molar-refractivity contribution >= 4 is 0 Å². The van der Waals surface area contributed by atoms with Gasteiger partial charge in [0.15, 0.2) is 0 Å². The molecule has 0 unspecified atom stereocenters. The van der Waals surface area contributed by atoms with E-state index in [2.05, 4.69) is 4.98 Å². The molecule has 0 aliphatic heterocycles. The van der Waals surface area contributed by atoms with Gasteiger partial charge in [-0.15, -0.1) is 0 Å². The predicted octanol–water partition coefficient (Wildman–Crippen LogP) is 1.42. The van der Waals surface area contributed by atoms with Crippen LogP contribution in [0, 0.1) is 5.82 Å². The molecule has 1 rings (SSSR count). The maximum atomic E-state index is 12.9. The van der Waals surface area contributed by atoms with Crippen molar-refractivity contribution in [1.29, 1.82) is 0 Å². The lowest BCUT2D eigenvalue weighted by Gasteiger charge is -2.33. The van der Waals surface area contributed by atoms with Crippen molar-refractivity contribution < 1.29 is 9.50 Å². The van der Waals surface area contributed by atoms with Gasteiger partial charge in [0.2, 0.25) is 0 Å². The van der Waals surface area contributed by atoms with Crippen LogP contribution in [0.1, 0.15) is 19.4 Å². The molecule has 0 spiro atoms. The molecular formula is C11H17FN2O. The predicted molar refractivity (Wildman–Crippen MR) is 56.8 cm³/mol. The molecule has 0 aliphatic rings. The molecule has 15 heavy (non-hydrogen) atoms. The van der Waals surface area contributed by atoms with E-state index in [1.54, 1.807) is 6.20 Å². The Bertz CT molecular complexity index is 328. The Balaban J connectivity index is 2.70. The van der Waals surface area contributed by atoms with Crippen molar-refractivity contribution in [3.63, 3.8) is 0 Å². The van der Waals surface area contributed by atoms with Crippen LogP contribution in [-0.2, 0) is 6.54 Å². The van der Waals surface area contributed by atoms with Crippen molar-refractivity contribution in [2.75, 3.05) is 13.7 Å². The quantitative estimate of drug-likeness (QED) is 0.820. The zero-order valence-electron chi connectivity index (χ0n) is 9.37. The highest BCUT2D eigenvalue weighted by molar-refractivity contribution is 5.10. The van der Waals surface area contributed by atoms with E-state index in [0.29, 0.717) is 6.54 Å². The summed E-state index contributed by atoms with van der Waals surface area (Å²) in [6, 6.07) is 1.46.